The molecule has 2 aliphatic rings. The second kappa shape index (κ2) is 3.63. The number of hydrogen-bond donors (Lipinski definition) is 1. The summed E-state index contributed by atoms with van der Waals surface area (Å²) < 4.78 is 2.30. The Labute approximate surface area is 90.7 Å². The second-order valence-electron chi connectivity index (χ2n) is 4.92. The van der Waals surface area contributed by atoms with Gasteiger partial charge in [-0.15, -0.1) is 0 Å². The monoisotopic (exact) mass is 205 g/mol. The second-order valence-corrected chi connectivity index (χ2v) is 4.92. The van der Waals surface area contributed by atoms with Crippen molar-refractivity contribution >= 4 is 0 Å². The fourth-order valence-electron chi connectivity index (χ4n) is 2.69. The maximum Gasteiger partial charge on any atom is 0.0763 e. The summed E-state index contributed by atoms with van der Waals surface area (Å²) in [5.41, 5.74) is 8.21. The summed E-state index contributed by atoms with van der Waals surface area (Å²) in [5.74, 6) is 0.790. The third-order valence-corrected chi connectivity index (χ3v) is 3.69. The van der Waals surface area contributed by atoms with Crippen molar-refractivity contribution in [3.8, 4) is 0 Å². The average Bonchev–Trinajstić information content (AvgIpc) is 2.83. The SMILES string of the molecule is NCc1cc(C2CC2)n(C2CCCC2)n1. The molecule has 0 unspecified atom stereocenters. The van der Waals surface area contributed by atoms with Gasteiger partial charge >= 0.3 is 0 Å². The summed E-state index contributed by atoms with van der Waals surface area (Å²) in [6.45, 7) is 0.583. The van der Waals surface area contributed by atoms with Gasteiger partial charge in [0.05, 0.1) is 11.7 Å². The first-order chi connectivity index (χ1) is 7.38. The summed E-state index contributed by atoms with van der Waals surface area (Å²) >= 11 is 0. The van der Waals surface area contributed by atoms with E-state index in [1.165, 1.54) is 44.2 Å². The van der Waals surface area contributed by atoms with Gasteiger partial charge in [-0.1, -0.05) is 12.8 Å². The van der Waals surface area contributed by atoms with Crippen molar-refractivity contribution in [1.82, 2.24) is 9.78 Å². The lowest BCUT2D eigenvalue weighted by Crippen LogP contribution is -2.10. The third-order valence-electron chi connectivity index (χ3n) is 3.69. The molecule has 0 atom stereocenters. The van der Waals surface area contributed by atoms with Crippen LogP contribution >= 0.6 is 0 Å². The molecular weight excluding hydrogens is 186 g/mol. The molecule has 3 rings (SSSR count). The quantitative estimate of drug-likeness (QED) is 0.823. The van der Waals surface area contributed by atoms with Gasteiger partial charge in [-0.05, 0) is 31.7 Å². The molecule has 2 saturated carbocycles. The predicted octanol–water partition coefficient (Wildman–Crippen LogP) is 2.33. The molecule has 0 aliphatic heterocycles. The Morgan fingerprint density at radius 1 is 1.27 bits per heavy atom. The topological polar surface area (TPSA) is 43.8 Å². The van der Waals surface area contributed by atoms with Crippen LogP contribution in [0.25, 0.3) is 0 Å². The molecule has 82 valence electrons. The molecule has 0 spiro atoms. The van der Waals surface area contributed by atoms with E-state index in [-0.39, 0.29) is 0 Å². The van der Waals surface area contributed by atoms with Crippen molar-refractivity contribution in [3.05, 3.63) is 17.5 Å². The van der Waals surface area contributed by atoms with Gasteiger partial charge in [0.25, 0.3) is 0 Å². The lowest BCUT2D eigenvalue weighted by molar-refractivity contribution is 0.447. The van der Waals surface area contributed by atoms with E-state index in [0.29, 0.717) is 12.6 Å². The Morgan fingerprint density at radius 3 is 2.60 bits per heavy atom. The molecule has 2 aliphatic carbocycles. The van der Waals surface area contributed by atoms with E-state index < -0.39 is 0 Å². The van der Waals surface area contributed by atoms with E-state index in [2.05, 4.69) is 15.8 Å². The van der Waals surface area contributed by atoms with Crippen molar-refractivity contribution in [2.24, 2.45) is 5.73 Å². The van der Waals surface area contributed by atoms with Crippen LogP contribution in [0.4, 0.5) is 0 Å². The van der Waals surface area contributed by atoms with Crippen LogP contribution in [0.15, 0.2) is 6.07 Å². The van der Waals surface area contributed by atoms with E-state index >= 15 is 0 Å². The summed E-state index contributed by atoms with van der Waals surface area (Å²) in [4.78, 5) is 0. The van der Waals surface area contributed by atoms with Crippen molar-refractivity contribution in [1.29, 1.82) is 0 Å². The summed E-state index contributed by atoms with van der Waals surface area (Å²) in [7, 11) is 0. The summed E-state index contributed by atoms with van der Waals surface area (Å²) in [6, 6.07) is 2.90. The fourth-order valence-corrected chi connectivity index (χ4v) is 2.69. The van der Waals surface area contributed by atoms with Crippen molar-refractivity contribution < 1.29 is 0 Å². The Kier molecular flexibility index (Phi) is 2.28. The van der Waals surface area contributed by atoms with Crippen molar-refractivity contribution in [2.75, 3.05) is 0 Å². The highest BCUT2D eigenvalue weighted by Gasteiger charge is 2.30. The van der Waals surface area contributed by atoms with Gasteiger partial charge in [-0.25, -0.2) is 0 Å². The predicted molar refractivity (Wildman–Crippen MR) is 59.6 cm³/mol. The first kappa shape index (κ1) is 9.40. The molecule has 0 aromatic carbocycles. The van der Waals surface area contributed by atoms with Crippen LogP contribution in [0.3, 0.4) is 0 Å². The van der Waals surface area contributed by atoms with Crippen LogP contribution in [-0.2, 0) is 6.54 Å². The first-order valence-corrected chi connectivity index (χ1v) is 6.17. The summed E-state index contributed by atoms with van der Waals surface area (Å²) in [5, 5.41) is 4.66. The maximum atomic E-state index is 5.68. The normalized spacial score (nSPS) is 22.5. The van der Waals surface area contributed by atoms with E-state index in [9.17, 15) is 0 Å². The Balaban J connectivity index is 1.92. The van der Waals surface area contributed by atoms with E-state index in [1.807, 2.05) is 0 Å². The zero-order chi connectivity index (χ0) is 10.3. The van der Waals surface area contributed by atoms with E-state index in [1.54, 1.807) is 0 Å². The molecule has 2 N–H and O–H groups in total. The highest BCUT2D eigenvalue weighted by atomic mass is 15.3. The summed E-state index contributed by atoms with van der Waals surface area (Å²) in [6.07, 6.45) is 8.06. The largest absolute Gasteiger partial charge is 0.325 e. The van der Waals surface area contributed by atoms with Crippen LogP contribution < -0.4 is 5.73 Å². The van der Waals surface area contributed by atoms with Gasteiger partial charge in [0.2, 0.25) is 0 Å². The molecule has 3 heteroatoms. The molecule has 0 amide bonds. The van der Waals surface area contributed by atoms with Gasteiger partial charge in [0.1, 0.15) is 0 Å². The molecule has 15 heavy (non-hydrogen) atoms. The molecule has 3 nitrogen and oxygen atoms in total. The number of rotatable bonds is 3. The van der Waals surface area contributed by atoms with Gasteiger partial charge in [0, 0.05) is 18.2 Å². The number of nitrogens with zero attached hydrogens (tertiary/aromatic N) is 2. The van der Waals surface area contributed by atoms with Gasteiger partial charge in [-0.3, -0.25) is 4.68 Å². The minimum atomic E-state index is 0.583. The minimum absolute atomic E-state index is 0.583. The maximum absolute atomic E-state index is 5.68. The molecule has 1 aromatic heterocycles. The molecule has 1 heterocycles. The number of aromatic nitrogens is 2. The van der Waals surface area contributed by atoms with Gasteiger partial charge in [-0.2, -0.15) is 5.10 Å². The first-order valence-electron chi connectivity index (χ1n) is 6.17. The highest BCUT2D eigenvalue weighted by molar-refractivity contribution is 5.20. The molecule has 1 aromatic rings. The standard InChI is InChI=1S/C12H19N3/c13-8-10-7-12(9-5-6-9)15(14-10)11-3-1-2-4-11/h7,9,11H,1-6,8,13H2. The van der Waals surface area contributed by atoms with Crippen LogP contribution in [0.1, 0.15) is 61.9 Å². The Hall–Kier alpha value is -0.830. The minimum Gasteiger partial charge on any atom is -0.325 e. The van der Waals surface area contributed by atoms with Crippen LogP contribution in [0, 0.1) is 0 Å². The lowest BCUT2D eigenvalue weighted by Gasteiger charge is -2.13. The Bertz CT molecular complexity index is 346. The lowest BCUT2D eigenvalue weighted by atomic mass is 10.2. The zero-order valence-corrected chi connectivity index (χ0v) is 9.15. The number of nitrogens with two attached hydrogens (primary N) is 1. The molecule has 2 fully saturated rings. The highest BCUT2D eigenvalue weighted by Crippen LogP contribution is 2.42. The van der Waals surface area contributed by atoms with Crippen LogP contribution in [-0.4, -0.2) is 9.78 Å². The van der Waals surface area contributed by atoms with Gasteiger partial charge < -0.3 is 5.73 Å². The van der Waals surface area contributed by atoms with Crippen molar-refractivity contribution in [3.63, 3.8) is 0 Å². The smallest absolute Gasteiger partial charge is 0.0763 e. The molecular formula is C12H19N3. The number of hydrogen-bond acceptors (Lipinski definition) is 2. The zero-order valence-electron chi connectivity index (χ0n) is 9.15. The van der Waals surface area contributed by atoms with E-state index in [4.69, 9.17) is 5.73 Å². The average molecular weight is 205 g/mol. The van der Waals surface area contributed by atoms with Crippen LogP contribution in [0.5, 0.6) is 0 Å². The molecule has 0 bridgehead atoms. The van der Waals surface area contributed by atoms with E-state index in [0.717, 1.165) is 11.6 Å². The van der Waals surface area contributed by atoms with Crippen LogP contribution in [0.2, 0.25) is 0 Å². The molecule has 0 saturated heterocycles. The van der Waals surface area contributed by atoms with Gasteiger partial charge in [0.15, 0.2) is 0 Å². The molecule has 0 radical (unpaired) electrons. The third kappa shape index (κ3) is 1.69. The van der Waals surface area contributed by atoms with Crippen molar-refractivity contribution in [2.45, 2.75) is 57.0 Å². The Morgan fingerprint density at radius 2 is 2.00 bits per heavy atom. The fraction of sp³-hybridized carbons (Fsp3) is 0.750.